The van der Waals surface area contributed by atoms with Crippen LogP contribution in [-0.2, 0) is 14.3 Å². The van der Waals surface area contributed by atoms with Crippen molar-refractivity contribution in [1.82, 2.24) is 10.2 Å². The summed E-state index contributed by atoms with van der Waals surface area (Å²) in [4.78, 5) is 14.4. The predicted molar refractivity (Wildman–Crippen MR) is 84.4 cm³/mol. The van der Waals surface area contributed by atoms with Crippen LogP contribution in [0.2, 0.25) is 0 Å². The molecular formula is C16H32N2O3. The molecule has 0 aromatic carbocycles. The van der Waals surface area contributed by atoms with Crippen molar-refractivity contribution in [3.05, 3.63) is 0 Å². The Morgan fingerprint density at radius 3 is 2.81 bits per heavy atom. The molecule has 0 aliphatic carbocycles. The van der Waals surface area contributed by atoms with Crippen LogP contribution in [-0.4, -0.2) is 62.4 Å². The summed E-state index contributed by atoms with van der Waals surface area (Å²) in [7, 11) is 1.45. The quantitative estimate of drug-likeness (QED) is 0.658. The van der Waals surface area contributed by atoms with E-state index in [1.807, 2.05) is 13.8 Å². The lowest BCUT2D eigenvalue weighted by molar-refractivity contribution is -0.148. The van der Waals surface area contributed by atoms with Gasteiger partial charge in [-0.3, -0.25) is 4.79 Å². The van der Waals surface area contributed by atoms with Crippen LogP contribution in [0.4, 0.5) is 0 Å². The molecule has 5 heteroatoms. The molecule has 1 N–H and O–H groups in total. The van der Waals surface area contributed by atoms with Gasteiger partial charge in [0.1, 0.15) is 5.54 Å². The number of ether oxygens (including phenoxy) is 2. The third-order valence-corrected chi connectivity index (χ3v) is 4.15. The van der Waals surface area contributed by atoms with Gasteiger partial charge in [-0.25, -0.2) is 0 Å². The summed E-state index contributed by atoms with van der Waals surface area (Å²) in [5.74, 6) is -0.180. The molecule has 5 nitrogen and oxygen atoms in total. The van der Waals surface area contributed by atoms with Crippen molar-refractivity contribution >= 4 is 5.97 Å². The summed E-state index contributed by atoms with van der Waals surface area (Å²) in [6.07, 6.45) is 4.50. The van der Waals surface area contributed by atoms with E-state index in [1.54, 1.807) is 0 Å². The van der Waals surface area contributed by atoms with Crippen molar-refractivity contribution in [2.24, 2.45) is 0 Å². The average molecular weight is 300 g/mol. The summed E-state index contributed by atoms with van der Waals surface area (Å²) in [6, 6.07) is 0. The van der Waals surface area contributed by atoms with Gasteiger partial charge in [0.2, 0.25) is 0 Å². The molecule has 0 bridgehead atoms. The van der Waals surface area contributed by atoms with E-state index in [0.717, 1.165) is 52.0 Å². The largest absolute Gasteiger partial charge is 0.468 e. The Labute approximate surface area is 129 Å². The summed E-state index contributed by atoms with van der Waals surface area (Å²) >= 11 is 0. The maximum Gasteiger partial charge on any atom is 0.325 e. The van der Waals surface area contributed by atoms with E-state index >= 15 is 0 Å². The van der Waals surface area contributed by atoms with Crippen molar-refractivity contribution in [2.75, 3.05) is 39.9 Å². The number of carbonyl (C=O) groups is 1. The second-order valence-electron chi connectivity index (χ2n) is 6.04. The van der Waals surface area contributed by atoms with Crippen LogP contribution in [0.5, 0.6) is 0 Å². The van der Waals surface area contributed by atoms with E-state index in [2.05, 4.69) is 17.1 Å². The molecule has 1 heterocycles. The SMILES string of the molecule is CCCOC1CCCN(CCC(C)(NCC)C(=O)OC)C1. The molecule has 21 heavy (non-hydrogen) atoms. The molecule has 0 saturated carbocycles. The second kappa shape index (κ2) is 9.38. The van der Waals surface area contributed by atoms with E-state index in [0.29, 0.717) is 6.10 Å². The highest BCUT2D eigenvalue weighted by Crippen LogP contribution is 2.17. The highest BCUT2D eigenvalue weighted by atomic mass is 16.5. The first-order valence-corrected chi connectivity index (χ1v) is 8.23. The van der Waals surface area contributed by atoms with Gasteiger partial charge in [0.25, 0.3) is 0 Å². The Bertz CT molecular complexity index is 312. The molecule has 2 atom stereocenters. The van der Waals surface area contributed by atoms with Crippen LogP contribution < -0.4 is 5.32 Å². The van der Waals surface area contributed by atoms with Crippen molar-refractivity contribution < 1.29 is 14.3 Å². The average Bonchev–Trinajstić information content (AvgIpc) is 2.51. The third kappa shape index (κ3) is 5.93. The molecule has 0 aromatic rings. The van der Waals surface area contributed by atoms with Gasteiger partial charge in [-0.1, -0.05) is 13.8 Å². The molecule has 1 fully saturated rings. The third-order valence-electron chi connectivity index (χ3n) is 4.15. The Hall–Kier alpha value is -0.650. The van der Waals surface area contributed by atoms with E-state index in [-0.39, 0.29) is 5.97 Å². The van der Waals surface area contributed by atoms with Crippen LogP contribution in [0, 0.1) is 0 Å². The minimum Gasteiger partial charge on any atom is -0.468 e. The molecular weight excluding hydrogens is 268 g/mol. The number of rotatable bonds is 9. The van der Waals surface area contributed by atoms with Crippen molar-refractivity contribution in [2.45, 2.75) is 58.1 Å². The fraction of sp³-hybridized carbons (Fsp3) is 0.938. The molecule has 0 amide bonds. The fourth-order valence-electron chi connectivity index (χ4n) is 2.90. The molecule has 0 spiro atoms. The van der Waals surface area contributed by atoms with Crippen LogP contribution in [0.3, 0.4) is 0 Å². The number of likely N-dealkylation sites (tertiary alicyclic amines) is 1. The number of likely N-dealkylation sites (N-methyl/N-ethyl adjacent to an activating group) is 1. The molecule has 1 rings (SSSR count). The highest BCUT2D eigenvalue weighted by molar-refractivity contribution is 5.80. The van der Waals surface area contributed by atoms with E-state index in [1.165, 1.54) is 13.5 Å². The number of methoxy groups -OCH3 is 1. The first-order valence-electron chi connectivity index (χ1n) is 8.23. The number of piperidine rings is 1. The van der Waals surface area contributed by atoms with Gasteiger partial charge in [-0.2, -0.15) is 0 Å². The van der Waals surface area contributed by atoms with Gasteiger partial charge in [0.15, 0.2) is 0 Å². The van der Waals surface area contributed by atoms with Crippen molar-refractivity contribution in [3.8, 4) is 0 Å². The van der Waals surface area contributed by atoms with Gasteiger partial charge >= 0.3 is 5.97 Å². The lowest BCUT2D eigenvalue weighted by Crippen LogP contribution is -2.52. The highest BCUT2D eigenvalue weighted by Gasteiger charge is 2.34. The lowest BCUT2D eigenvalue weighted by atomic mass is 9.96. The van der Waals surface area contributed by atoms with Gasteiger partial charge in [-0.15, -0.1) is 0 Å². The fourth-order valence-corrected chi connectivity index (χ4v) is 2.90. The predicted octanol–water partition coefficient (Wildman–Crippen LogP) is 1.81. The van der Waals surface area contributed by atoms with Gasteiger partial charge in [0.05, 0.1) is 13.2 Å². The smallest absolute Gasteiger partial charge is 0.325 e. The summed E-state index contributed by atoms with van der Waals surface area (Å²) in [5.41, 5.74) is -0.597. The molecule has 0 radical (unpaired) electrons. The molecule has 0 aromatic heterocycles. The Kier molecular flexibility index (Phi) is 8.22. The number of hydrogen-bond acceptors (Lipinski definition) is 5. The molecule has 1 aliphatic rings. The van der Waals surface area contributed by atoms with Crippen LogP contribution in [0.25, 0.3) is 0 Å². The summed E-state index contributed by atoms with van der Waals surface area (Å²) in [6.45, 7) is 10.6. The zero-order valence-corrected chi connectivity index (χ0v) is 14.1. The number of nitrogens with zero attached hydrogens (tertiary/aromatic N) is 1. The summed E-state index contributed by atoms with van der Waals surface area (Å²) in [5, 5.41) is 3.26. The Balaban J connectivity index is 2.45. The van der Waals surface area contributed by atoms with Gasteiger partial charge in [-0.05, 0) is 45.7 Å². The monoisotopic (exact) mass is 300 g/mol. The van der Waals surface area contributed by atoms with Gasteiger partial charge < -0.3 is 19.7 Å². The first kappa shape index (κ1) is 18.4. The minimum absolute atomic E-state index is 0.180. The minimum atomic E-state index is -0.597. The van der Waals surface area contributed by atoms with Crippen molar-refractivity contribution in [1.29, 1.82) is 0 Å². The molecule has 2 unspecified atom stereocenters. The first-order chi connectivity index (χ1) is 10.1. The van der Waals surface area contributed by atoms with Gasteiger partial charge in [0, 0.05) is 19.7 Å². The molecule has 124 valence electrons. The van der Waals surface area contributed by atoms with Crippen LogP contribution >= 0.6 is 0 Å². The molecule has 1 saturated heterocycles. The normalized spacial score (nSPS) is 22.8. The van der Waals surface area contributed by atoms with Crippen LogP contribution in [0.15, 0.2) is 0 Å². The maximum atomic E-state index is 12.0. The summed E-state index contributed by atoms with van der Waals surface area (Å²) < 4.78 is 10.8. The maximum absolute atomic E-state index is 12.0. The van der Waals surface area contributed by atoms with Crippen LogP contribution in [0.1, 0.15) is 46.5 Å². The lowest BCUT2D eigenvalue weighted by Gasteiger charge is -2.35. The Morgan fingerprint density at radius 1 is 1.43 bits per heavy atom. The van der Waals surface area contributed by atoms with E-state index in [9.17, 15) is 4.79 Å². The molecule has 1 aliphatic heterocycles. The van der Waals surface area contributed by atoms with E-state index < -0.39 is 5.54 Å². The topological polar surface area (TPSA) is 50.8 Å². The second-order valence-corrected chi connectivity index (χ2v) is 6.04. The number of esters is 1. The number of nitrogens with one attached hydrogen (secondary N) is 1. The zero-order valence-electron chi connectivity index (χ0n) is 14.1. The number of carbonyl (C=O) groups excluding carboxylic acids is 1. The van der Waals surface area contributed by atoms with Crippen molar-refractivity contribution in [3.63, 3.8) is 0 Å². The van der Waals surface area contributed by atoms with E-state index in [4.69, 9.17) is 9.47 Å². The zero-order chi connectivity index (χ0) is 15.7. The standard InChI is InChI=1S/C16H32N2O3/c1-5-12-21-14-8-7-10-18(13-14)11-9-16(3,17-6-2)15(19)20-4/h14,17H,5-13H2,1-4H3. The Morgan fingerprint density at radius 2 is 2.19 bits per heavy atom. The number of hydrogen-bond donors (Lipinski definition) is 1.